The summed E-state index contributed by atoms with van der Waals surface area (Å²) in [6.07, 6.45) is -50.7. The van der Waals surface area contributed by atoms with Crippen molar-refractivity contribution in [1.29, 1.82) is 0 Å². The first-order valence-electron chi connectivity index (χ1n) is 20.6. The zero-order chi connectivity index (χ0) is 56.3. The summed E-state index contributed by atoms with van der Waals surface area (Å²) >= 11 is 6.31. The highest BCUT2D eigenvalue weighted by Gasteiger charge is 2.47. The Morgan fingerprint density at radius 1 is 0.320 bits per heavy atom. The second-order valence-corrected chi connectivity index (χ2v) is 17.0. The molecule has 0 bridgehead atoms. The summed E-state index contributed by atoms with van der Waals surface area (Å²) in [6, 6.07) is 9.74. The van der Waals surface area contributed by atoms with E-state index in [1.807, 2.05) is 30.5 Å². The Bertz CT molecular complexity index is 2760. The zero-order valence-corrected chi connectivity index (χ0v) is 37.2. The number of hydrogen-bond donors (Lipinski definition) is 0. The van der Waals surface area contributed by atoms with Crippen molar-refractivity contribution in [2.24, 2.45) is 0 Å². The lowest BCUT2D eigenvalue weighted by Crippen LogP contribution is -2.75. The van der Waals surface area contributed by atoms with Gasteiger partial charge in [-0.25, -0.2) is 0 Å². The monoisotopic (exact) mass is 1120 g/mol. The third-order valence-electron chi connectivity index (χ3n) is 11.5. The van der Waals surface area contributed by atoms with Crippen molar-refractivity contribution in [3.8, 4) is 0 Å². The van der Waals surface area contributed by atoms with Crippen LogP contribution in [0.5, 0.6) is 0 Å². The van der Waals surface area contributed by atoms with Crippen molar-refractivity contribution < 1.29 is 110 Å². The number of fused-ring (bicyclic) bond motifs is 1. The van der Waals surface area contributed by atoms with Crippen LogP contribution < -0.4 is 26.4 Å². The standard InChI is InChI=1S/C32H12BF24.C16H13ClN/c34-25(35,36)13-1-14(26(37,38)39)6-21(5-13)33(22-7-15(27(40,41)42)2-16(8-22)28(43,44)45,23-9-17(29(46,47)48)3-18(10-23)30(49,50)51)24-11-19(31(52,53)54)4-20(12-24)32(55,56)57;17-16-12-18(10-13-6-2-1-3-7-13)11-14-8-4-5-9-15(14)16/h1-12H;1-9,11-12H,10H2/q-1;+1. The molecule has 7 rings (SSSR count). The van der Waals surface area contributed by atoms with Crippen LogP contribution in [0.2, 0.25) is 5.02 Å². The summed E-state index contributed by atoms with van der Waals surface area (Å²) in [5.41, 5.74) is -28.9. The Hall–Kier alpha value is -6.60. The highest BCUT2D eigenvalue weighted by molar-refractivity contribution is 7.20. The Balaban J connectivity index is 0.000000421. The van der Waals surface area contributed by atoms with Gasteiger partial charge >= 0.3 is 49.4 Å². The molecule has 0 aliphatic carbocycles. The van der Waals surface area contributed by atoms with Crippen LogP contribution in [0, 0.1) is 0 Å². The summed E-state index contributed by atoms with van der Waals surface area (Å²) in [5.74, 6) is 0. The lowest BCUT2D eigenvalue weighted by Gasteiger charge is -2.46. The Labute approximate surface area is 410 Å². The average Bonchev–Trinajstić information content (AvgIpc) is 3.27. The first-order valence-corrected chi connectivity index (χ1v) is 20.9. The van der Waals surface area contributed by atoms with Gasteiger partial charge in [-0.2, -0.15) is 132 Å². The number of halogens is 25. The van der Waals surface area contributed by atoms with E-state index in [2.05, 4.69) is 41.1 Å². The van der Waals surface area contributed by atoms with Crippen molar-refractivity contribution in [2.45, 2.75) is 56.0 Å². The molecule has 27 heteroatoms. The van der Waals surface area contributed by atoms with E-state index < -0.39 is 195 Å². The Morgan fingerprint density at radius 3 is 0.840 bits per heavy atom. The molecule has 0 aliphatic heterocycles. The maximum absolute atomic E-state index is 14.2. The first kappa shape index (κ1) is 57.7. The third kappa shape index (κ3) is 13.1. The molecule has 0 atom stereocenters. The maximum atomic E-state index is 14.2. The van der Waals surface area contributed by atoms with E-state index in [0.29, 0.717) is 0 Å². The topological polar surface area (TPSA) is 3.88 Å². The smallest absolute Gasteiger partial charge is 0.199 e. The molecule has 7 aromatic rings. The van der Waals surface area contributed by atoms with Crippen LogP contribution in [0.3, 0.4) is 0 Å². The SMILES string of the molecule is Clc1c[n+](Cc2ccccc2)cc2ccccc12.FC(F)(F)c1cc([B-](c2cc(C(F)(F)F)cc(C(F)(F)F)c2)(c2cc(C(F)(F)F)cc(C(F)(F)F)c2)c2cc(C(F)(F)F)cc(C(F)(F)F)c2)cc(C(F)(F)F)c1. The predicted octanol–water partition coefficient (Wildman–Crippen LogP) is 15.0. The van der Waals surface area contributed by atoms with Crippen molar-refractivity contribution in [2.75, 3.05) is 0 Å². The molecule has 6 aromatic carbocycles. The number of aromatic nitrogens is 1. The van der Waals surface area contributed by atoms with Crippen molar-refractivity contribution in [3.63, 3.8) is 0 Å². The van der Waals surface area contributed by atoms with Crippen LogP contribution in [-0.2, 0) is 56.0 Å². The predicted molar refractivity (Wildman–Crippen MR) is 225 cm³/mol. The minimum absolute atomic E-state index is 0.691. The van der Waals surface area contributed by atoms with Crippen LogP contribution in [0.4, 0.5) is 105 Å². The van der Waals surface area contributed by atoms with Crippen LogP contribution in [0.25, 0.3) is 10.8 Å². The lowest BCUT2D eigenvalue weighted by atomic mass is 9.12. The maximum Gasteiger partial charge on any atom is 0.416 e. The van der Waals surface area contributed by atoms with Gasteiger partial charge in [0.1, 0.15) is 11.2 Å². The molecular formula is C48H25BClF24N. The molecule has 0 N–H and O–H groups in total. The number of rotatable bonds is 6. The van der Waals surface area contributed by atoms with E-state index in [1.165, 1.54) is 10.9 Å². The average molecular weight is 1120 g/mol. The number of nitrogens with zero attached hydrogens (tertiary/aromatic N) is 1. The van der Waals surface area contributed by atoms with Crippen LogP contribution in [0.1, 0.15) is 50.1 Å². The first-order chi connectivity index (χ1) is 34.1. The lowest BCUT2D eigenvalue weighted by molar-refractivity contribution is -0.686. The quantitative estimate of drug-likeness (QED) is 0.0888. The summed E-state index contributed by atoms with van der Waals surface area (Å²) in [4.78, 5) is 0. The van der Waals surface area contributed by atoms with Crippen molar-refractivity contribution in [1.82, 2.24) is 0 Å². The van der Waals surface area contributed by atoms with Gasteiger partial charge in [0.05, 0.1) is 44.5 Å². The fourth-order valence-electron chi connectivity index (χ4n) is 8.21. The number of hydrogen-bond acceptors (Lipinski definition) is 0. The molecule has 0 radical (unpaired) electrons. The van der Waals surface area contributed by atoms with Crippen molar-refractivity contribution in [3.05, 3.63) is 195 Å². The molecule has 1 nitrogen and oxygen atoms in total. The minimum atomic E-state index is -6.13. The van der Waals surface area contributed by atoms with Gasteiger partial charge in [-0.3, -0.25) is 0 Å². The van der Waals surface area contributed by atoms with Gasteiger partial charge in [0.2, 0.25) is 0 Å². The van der Waals surface area contributed by atoms with Gasteiger partial charge < -0.3 is 0 Å². The fraction of sp³-hybridized carbons (Fsp3) is 0.188. The normalized spacial score (nSPS) is 13.5. The molecule has 0 amide bonds. The summed E-state index contributed by atoms with van der Waals surface area (Å²) in [6.45, 7) is 0.839. The molecule has 0 spiro atoms. The summed E-state index contributed by atoms with van der Waals surface area (Å²) in [7, 11) is 0. The molecule has 1 aromatic heterocycles. The second kappa shape index (κ2) is 19.8. The van der Waals surface area contributed by atoms with E-state index in [4.69, 9.17) is 11.6 Å². The van der Waals surface area contributed by atoms with Crippen LogP contribution in [0.15, 0.2) is 140 Å². The van der Waals surface area contributed by atoms with E-state index in [9.17, 15) is 105 Å². The van der Waals surface area contributed by atoms with Crippen molar-refractivity contribution >= 4 is 50.4 Å². The van der Waals surface area contributed by atoms with Gasteiger partial charge in [0.25, 0.3) is 0 Å². The second-order valence-electron chi connectivity index (χ2n) is 16.6. The number of pyridine rings is 1. The van der Waals surface area contributed by atoms with Crippen LogP contribution in [-0.4, -0.2) is 6.15 Å². The van der Waals surface area contributed by atoms with Gasteiger partial charge in [0, 0.05) is 16.3 Å². The zero-order valence-electron chi connectivity index (χ0n) is 36.5. The largest absolute Gasteiger partial charge is 0.416 e. The van der Waals surface area contributed by atoms with E-state index >= 15 is 0 Å². The third-order valence-corrected chi connectivity index (χ3v) is 11.8. The highest BCUT2D eigenvalue weighted by Crippen LogP contribution is 2.41. The van der Waals surface area contributed by atoms with Gasteiger partial charge in [-0.15, -0.1) is 0 Å². The van der Waals surface area contributed by atoms with E-state index in [1.54, 1.807) is 0 Å². The van der Waals surface area contributed by atoms with E-state index in [-0.39, 0.29) is 0 Å². The Kier molecular flexibility index (Phi) is 15.3. The number of alkyl halides is 24. The molecular weight excluding hydrogens is 1090 g/mol. The summed E-state index contributed by atoms with van der Waals surface area (Å²) < 4.78 is 343. The molecule has 1 heterocycles. The van der Waals surface area contributed by atoms with Gasteiger partial charge in [-0.05, 0) is 30.3 Å². The van der Waals surface area contributed by atoms with E-state index in [0.717, 1.165) is 17.0 Å². The molecule has 0 saturated carbocycles. The molecule has 0 aliphatic rings. The fourth-order valence-corrected chi connectivity index (χ4v) is 8.51. The highest BCUT2D eigenvalue weighted by atomic mass is 35.5. The molecule has 0 saturated heterocycles. The van der Waals surface area contributed by atoms with Gasteiger partial charge in [-0.1, -0.05) is 109 Å². The molecule has 400 valence electrons. The minimum Gasteiger partial charge on any atom is -0.199 e. The Morgan fingerprint density at radius 2 is 0.573 bits per heavy atom. The summed E-state index contributed by atoms with van der Waals surface area (Å²) in [5, 5.41) is 3.06. The molecule has 75 heavy (non-hydrogen) atoms. The molecule has 0 unspecified atom stereocenters. The molecule has 0 fully saturated rings. The van der Waals surface area contributed by atoms with Gasteiger partial charge in [0.15, 0.2) is 18.9 Å². The van der Waals surface area contributed by atoms with Crippen LogP contribution >= 0.6 is 11.6 Å². The number of benzene rings is 6.